The van der Waals surface area contributed by atoms with Gasteiger partial charge in [0.15, 0.2) is 0 Å². The van der Waals surface area contributed by atoms with Crippen LogP contribution in [0, 0.1) is 6.92 Å². The maximum atomic E-state index is 10.4. The highest BCUT2D eigenvalue weighted by Gasteiger charge is 2.15. The molecule has 3 nitrogen and oxygen atoms in total. The van der Waals surface area contributed by atoms with Gasteiger partial charge >= 0.3 is 0 Å². The lowest BCUT2D eigenvalue weighted by Gasteiger charge is -2.11. The Morgan fingerprint density at radius 1 is 1.22 bits per heavy atom. The van der Waals surface area contributed by atoms with Crippen LogP contribution >= 0.6 is 0 Å². The molecule has 3 aromatic rings. The summed E-state index contributed by atoms with van der Waals surface area (Å²) in [6, 6.07) is 11.5. The van der Waals surface area contributed by atoms with Gasteiger partial charge in [-0.05, 0) is 19.1 Å². The van der Waals surface area contributed by atoms with Gasteiger partial charge < -0.3 is 9.52 Å². The van der Waals surface area contributed by atoms with Crippen molar-refractivity contribution in [2.24, 2.45) is 0 Å². The first-order chi connectivity index (χ1) is 8.75. The van der Waals surface area contributed by atoms with Crippen LogP contribution in [0.2, 0.25) is 0 Å². The molecule has 1 aromatic carbocycles. The van der Waals surface area contributed by atoms with Crippen molar-refractivity contribution in [3.8, 4) is 0 Å². The fraction of sp³-hybridized carbons (Fsp3) is 0.133. The quantitative estimate of drug-likeness (QED) is 0.746. The number of aliphatic hydroxyl groups excluding tert-OH is 1. The number of hydrogen-bond acceptors (Lipinski definition) is 3. The lowest BCUT2D eigenvalue weighted by molar-refractivity contribution is 0.220. The number of nitrogens with zero attached hydrogens (tertiary/aromatic N) is 1. The van der Waals surface area contributed by atoms with Crippen LogP contribution in [0.4, 0.5) is 0 Å². The zero-order valence-electron chi connectivity index (χ0n) is 10.00. The molecule has 0 fully saturated rings. The first-order valence-electron chi connectivity index (χ1n) is 5.82. The Morgan fingerprint density at radius 2 is 2.06 bits per heavy atom. The van der Waals surface area contributed by atoms with E-state index in [0.717, 1.165) is 27.8 Å². The molecule has 0 radical (unpaired) electrons. The molecule has 2 heterocycles. The highest BCUT2D eigenvalue weighted by molar-refractivity contribution is 5.82. The molecule has 0 aliphatic heterocycles. The van der Waals surface area contributed by atoms with Crippen LogP contribution in [0.3, 0.4) is 0 Å². The molecule has 1 atom stereocenters. The van der Waals surface area contributed by atoms with E-state index in [-0.39, 0.29) is 0 Å². The van der Waals surface area contributed by atoms with Crippen LogP contribution in [0.25, 0.3) is 10.9 Å². The Balaban J connectivity index is 2.14. The molecule has 0 bridgehead atoms. The van der Waals surface area contributed by atoms with E-state index in [9.17, 15) is 5.11 Å². The zero-order chi connectivity index (χ0) is 12.5. The van der Waals surface area contributed by atoms with Gasteiger partial charge in [-0.25, -0.2) is 0 Å². The summed E-state index contributed by atoms with van der Waals surface area (Å²) in [6.07, 6.45) is 2.61. The standard InChI is InChI=1S/C15H13NO2/c1-10-8-12(9-18-10)15(17)13-6-2-4-11-5-3-7-16-14(11)13/h2-9,15,17H,1H3. The smallest absolute Gasteiger partial charge is 0.109 e. The average molecular weight is 239 g/mol. The number of benzene rings is 1. The van der Waals surface area contributed by atoms with E-state index in [0.29, 0.717) is 0 Å². The van der Waals surface area contributed by atoms with Gasteiger partial charge in [0.25, 0.3) is 0 Å². The normalized spacial score (nSPS) is 12.8. The third-order valence-electron chi connectivity index (χ3n) is 3.03. The van der Waals surface area contributed by atoms with Crippen LogP contribution in [0.15, 0.2) is 53.3 Å². The van der Waals surface area contributed by atoms with Gasteiger partial charge in [0.05, 0.1) is 11.8 Å². The first-order valence-corrected chi connectivity index (χ1v) is 5.82. The van der Waals surface area contributed by atoms with Crippen molar-refractivity contribution in [2.75, 3.05) is 0 Å². The summed E-state index contributed by atoms with van der Waals surface area (Å²) < 4.78 is 5.24. The predicted molar refractivity (Wildman–Crippen MR) is 69.2 cm³/mol. The van der Waals surface area contributed by atoms with Crippen LogP contribution in [0.5, 0.6) is 0 Å². The van der Waals surface area contributed by atoms with Crippen molar-refractivity contribution >= 4 is 10.9 Å². The lowest BCUT2D eigenvalue weighted by atomic mass is 10.0. The summed E-state index contributed by atoms with van der Waals surface area (Å²) in [5, 5.41) is 11.4. The summed E-state index contributed by atoms with van der Waals surface area (Å²) >= 11 is 0. The van der Waals surface area contributed by atoms with Gasteiger partial charge in [-0.15, -0.1) is 0 Å². The van der Waals surface area contributed by atoms with Crippen LogP contribution in [-0.2, 0) is 0 Å². The fourth-order valence-corrected chi connectivity index (χ4v) is 2.14. The first kappa shape index (κ1) is 11.0. The van der Waals surface area contributed by atoms with E-state index >= 15 is 0 Å². The third-order valence-corrected chi connectivity index (χ3v) is 3.03. The Labute approximate surface area is 105 Å². The second-order valence-electron chi connectivity index (χ2n) is 4.32. The topological polar surface area (TPSA) is 46.3 Å². The second-order valence-corrected chi connectivity index (χ2v) is 4.32. The Bertz CT molecular complexity index is 682. The second kappa shape index (κ2) is 4.27. The summed E-state index contributed by atoms with van der Waals surface area (Å²) in [5.41, 5.74) is 2.38. The number of hydrogen-bond donors (Lipinski definition) is 1. The van der Waals surface area contributed by atoms with E-state index in [2.05, 4.69) is 4.98 Å². The van der Waals surface area contributed by atoms with Gasteiger partial charge in [-0.2, -0.15) is 0 Å². The molecule has 0 saturated heterocycles. The molecule has 2 aromatic heterocycles. The average Bonchev–Trinajstić information content (AvgIpc) is 2.84. The molecule has 18 heavy (non-hydrogen) atoms. The summed E-state index contributed by atoms with van der Waals surface area (Å²) in [6.45, 7) is 1.86. The number of para-hydroxylation sites is 1. The predicted octanol–water partition coefficient (Wildman–Crippen LogP) is 3.22. The van der Waals surface area contributed by atoms with Crippen molar-refractivity contribution < 1.29 is 9.52 Å². The fourth-order valence-electron chi connectivity index (χ4n) is 2.14. The number of aryl methyl sites for hydroxylation is 1. The third kappa shape index (κ3) is 1.79. The molecule has 0 aliphatic carbocycles. The monoisotopic (exact) mass is 239 g/mol. The highest BCUT2D eigenvalue weighted by atomic mass is 16.3. The molecule has 3 heteroatoms. The van der Waals surface area contributed by atoms with Crippen molar-refractivity contribution in [3.05, 3.63) is 65.7 Å². The van der Waals surface area contributed by atoms with Crippen molar-refractivity contribution in [1.82, 2.24) is 4.98 Å². The molecule has 90 valence electrons. The van der Waals surface area contributed by atoms with Crippen LogP contribution in [-0.4, -0.2) is 10.1 Å². The molecule has 0 amide bonds. The van der Waals surface area contributed by atoms with E-state index in [1.807, 2.05) is 43.3 Å². The number of rotatable bonds is 2. The molecule has 0 aliphatic rings. The summed E-state index contributed by atoms with van der Waals surface area (Å²) in [4.78, 5) is 4.34. The molecule has 3 rings (SSSR count). The van der Waals surface area contributed by atoms with Crippen molar-refractivity contribution in [2.45, 2.75) is 13.0 Å². The minimum Gasteiger partial charge on any atom is -0.469 e. The van der Waals surface area contributed by atoms with Gasteiger partial charge in [0.2, 0.25) is 0 Å². The van der Waals surface area contributed by atoms with Gasteiger partial charge in [0.1, 0.15) is 11.9 Å². The Hall–Kier alpha value is -2.13. The molecule has 0 spiro atoms. The van der Waals surface area contributed by atoms with Crippen molar-refractivity contribution in [1.29, 1.82) is 0 Å². The molecular formula is C15H13NO2. The SMILES string of the molecule is Cc1cc(C(O)c2cccc3cccnc23)co1. The van der Waals surface area contributed by atoms with E-state index in [1.165, 1.54) is 0 Å². The number of aromatic nitrogens is 1. The largest absolute Gasteiger partial charge is 0.469 e. The minimum atomic E-state index is -0.707. The maximum Gasteiger partial charge on any atom is 0.109 e. The number of furan rings is 1. The summed E-state index contributed by atoms with van der Waals surface area (Å²) in [7, 11) is 0. The van der Waals surface area contributed by atoms with Gasteiger partial charge in [0, 0.05) is 22.7 Å². The molecule has 1 N–H and O–H groups in total. The van der Waals surface area contributed by atoms with Crippen LogP contribution < -0.4 is 0 Å². The number of pyridine rings is 1. The van der Waals surface area contributed by atoms with Gasteiger partial charge in [-0.1, -0.05) is 24.3 Å². The van der Waals surface area contributed by atoms with E-state index in [4.69, 9.17) is 4.42 Å². The number of fused-ring (bicyclic) bond motifs is 1. The Kier molecular flexibility index (Phi) is 2.61. The van der Waals surface area contributed by atoms with E-state index in [1.54, 1.807) is 12.5 Å². The molecule has 1 unspecified atom stereocenters. The minimum absolute atomic E-state index is 0.707. The van der Waals surface area contributed by atoms with E-state index < -0.39 is 6.10 Å². The molecular weight excluding hydrogens is 226 g/mol. The van der Waals surface area contributed by atoms with Gasteiger partial charge in [-0.3, -0.25) is 4.98 Å². The zero-order valence-corrected chi connectivity index (χ0v) is 10.00. The lowest BCUT2D eigenvalue weighted by Crippen LogP contribution is -2.00. The van der Waals surface area contributed by atoms with Crippen molar-refractivity contribution in [3.63, 3.8) is 0 Å². The molecule has 0 saturated carbocycles. The maximum absolute atomic E-state index is 10.4. The van der Waals surface area contributed by atoms with Crippen LogP contribution in [0.1, 0.15) is 23.0 Å². The highest BCUT2D eigenvalue weighted by Crippen LogP contribution is 2.28. The Morgan fingerprint density at radius 3 is 2.83 bits per heavy atom. The number of aliphatic hydroxyl groups is 1. The summed E-state index contributed by atoms with van der Waals surface area (Å²) in [5.74, 6) is 0.789.